The van der Waals surface area contributed by atoms with Crippen LogP contribution in [0.1, 0.15) is 39.4 Å². The first-order valence-corrected chi connectivity index (χ1v) is 5.63. The van der Waals surface area contributed by atoms with Crippen molar-refractivity contribution in [3.63, 3.8) is 0 Å². The summed E-state index contributed by atoms with van der Waals surface area (Å²) in [5.41, 5.74) is 0. The third-order valence-electron chi connectivity index (χ3n) is 2.40. The van der Waals surface area contributed by atoms with Crippen LogP contribution in [0, 0.1) is 5.92 Å². The largest absolute Gasteiger partial charge is 0.335 e. The molecule has 1 rings (SSSR count). The molecule has 6 nitrogen and oxygen atoms in total. The van der Waals surface area contributed by atoms with Crippen LogP contribution in [0.5, 0.6) is 0 Å². The maximum Gasteiger partial charge on any atom is 0.222 e. The minimum absolute atomic E-state index is 0.160. The van der Waals surface area contributed by atoms with Crippen LogP contribution in [0.3, 0.4) is 0 Å². The predicted molar refractivity (Wildman–Crippen MR) is 59.3 cm³/mol. The Morgan fingerprint density at radius 1 is 1.50 bits per heavy atom. The summed E-state index contributed by atoms with van der Waals surface area (Å²) in [5, 5.41) is 13.4. The highest BCUT2D eigenvalue weighted by Crippen LogP contribution is 2.07. The molecule has 90 valence electrons. The summed E-state index contributed by atoms with van der Waals surface area (Å²) in [7, 11) is 0. The van der Waals surface area contributed by atoms with Crippen molar-refractivity contribution >= 4 is 5.91 Å². The fourth-order valence-electron chi connectivity index (χ4n) is 1.37. The molecule has 0 radical (unpaired) electrons. The Bertz CT molecular complexity index is 309. The van der Waals surface area contributed by atoms with E-state index in [0.717, 1.165) is 6.42 Å². The average Bonchev–Trinajstić information content (AvgIpc) is 2.75. The van der Waals surface area contributed by atoms with E-state index in [9.17, 15) is 4.79 Å². The van der Waals surface area contributed by atoms with Crippen molar-refractivity contribution in [1.82, 2.24) is 25.5 Å². The van der Waals surface area contributed by atoms with Crippen LogP contribution in [0.2, 0.25) is 0 Å². The Balaban J connectivity index is 2.44. The summed E-state index contributed by atoms with van der Waals surface area (Å²) in [4.78, 5) is 13.6. The van der Waals surface area contributed by atoms with Crippen LogP contribution in [0.15, 0.2) is 0 Å². The van der Waals surface area contributed by atoms with Gasteiger partial charge in [-0.2, -0.15) is 0 Å². The lowest BCUT2D eigenvalue weighted by Gasteiger charge is -2.19. The van der Waals surface area contributed by atoms with Crippen molar-refractivity contribution in [3.8, 4) is 0 Å². The Morgan fingerprint density at radius 2 is 2.25 bits per heavy atom. The lowest BCUT2D eigenvalue weighted by atomic mass is 10.1. The third kappa shape index (κ3) is 3.96. The first-order chi connectivity index (χ1) is 7.63. The Hall–Kier alpha value is -1.46. The maximum absolute atomic E-state index is 11.8. The number of rotatable bonds is 6. The standard InChI is InChI=1S/C10H19N5O/c1-4-15(7-9-11-13-14-12-9)10(16)6-5-8(2)3/h8H,4-7H2,1-3H3,(H,11,12,13,14). The molecule has 0 atom stereocenters. The Kier molecular flexibility index (Phi) is 4.88. The van der Waals surface area contributed by atoms with Crippen molar-refractivity contribution < 1.29 is 4.79 Å². The zero-order chi connectivity index (χ0) is 12.0. The van der Waals surface area contributed by atoms with Gasteiger partial charge in [-0.05, 0) is 29.7 Å². The van der Waals surface area contributed by atoms with Gasteiger partial charge in [-0.3, -0.25) is 4.79 Å². The van der Waals surface area contributed by atoms with E-state index in [-0.39, 0.29) is 5.91 Å². The second kappa shape index (κ2) is 6.19. The molecule has 0 aromatic carbocycles. The molecule has 6 heteroatoms. The number of hydrogen-bond donors (Lipinski definition) is 1. The van der Waals surface area contributed by atoms with Crippen molar-refractivity contribution in [3.05, 3.63) is 5.82 Å². The monoisotopic (exact) mass is 225 g/mol. The van der Waals surface area contributed by atoms with Gasteiger partial charge in [-0.15, -0.1) is 5.10 Å². The summed E-state index contributed by atoms with van der Waals surface area (Å²) in [6.45, 7) is 7.32. The molecular formula is C10H19N5O. The molecule has 0 bridgehead atoms. The molecule has 0 aliphatic heterocycles. The number of amides is 1. The quantitative estimate of drug-likeness (QED) is 0.783. The molecule has 16 heavy (non-hydrogen) atoms. The molecule has 0 saturated heterocycles. The van der Waals surface area contributed by atoms with Gasteiger partial charge in [-0.25, -0.2) is 5.10 Å². The van der Waals surface area contributed by atoms with Crippen molar-refractivity contribution in [1.29, 1.82) is 0 Å². The first-order valence-electron chi connectivity index (χ1n) is 5.63. The summed E-state index contributed by atoms with van der Waals surface area (Å²) in [6, 6.07) is 0. The van der Waals surface area contributed by atoms with Gasteiger partial charge in [0, 0.05) is 13.0 Å². The minimum Gasteiger partial charge on any atom is -0.335 e. The fourth-order valence-corrected chi connectivity index (χ4v) is 1.37. The molecule has 1 heterocycles. The molecule has 0 aliphatic carbocycles. The number of nitrogens with one attached hydrogen (secondary N) is 1. The summed E-state index contributed by atoms with van der Waals surface area (Å²) >= 11 is 0. The van der Waals surface area contributed by atoms with Gasteiger partial charge in [0.2, 0.25) is 5.91 Å². The number of aromatic amines is 1. The SMILES string of the molecule is CCN(Cc1nnn[nH]1)C(=O)CCC(C)C. The van der Waals surface area contributed by atoms with Crippen molar-refractivity contribution in [2.75, 3.05) is 6.54 Å². The van der Waals surface area contributed by atoms with Crippen LogP contribution in [0.25, 0.3) is 0 Å². The topological polar surface area (TPSA) is 74.8 Å². The summed E-state index contributed by atoms with van der Waals surface area (Å²) in [6.07, 6.45) is 1.51. The van der Waals surface area contributed by atoms with E-state index in [0.29, 0.717) is 31.3 Å². The Morgan fingerprint density at radius 3 is 2.75 bits per heavy atom. The molecule has 0 saturated carbocycles. The zero-order valence-electron chi connectivity index (χ0n) is 10.1. The lowest BCUT2D eigenvalue weighted by Crippen LogP contribution is -2.30. The molecule has 1 aromatic rings. The number of tetrazole rings is 1. The van der Waals surface area contributed by atoms with Crippen LogP contribution in [0.4, 0.5) is 0 Å². The molecule has 0 fully saturated rings. The van der Waals surface area contributed by atoms with E-state index >= 15 is 0 Å². The number of hydrogen-bond acceptors (Lipinski definition) is 4. The molecule has 1 N–H and O–H groups in total. The van der Waals surface area contributed by atoms with Gasteiger partial charge in [0.05, 0.1) is 6.54 Å². The second-order valence-corrected chi connectivity index (χ2v) is 4.19. The van der Waals surface area contributed by atoms with E-state index in [2.05, 4.69) is 34.5 Å². The minimum atomic E-state index is 0.160. The zero-order valence-corrected chi connectivity index (χ0v) is 10.1. The normalized spacial score (nSPS) is 10.8. The van der Waals surface area contributed by atoms with Gasteiger partial charge in [0.25, 0.3) is 0 Å². The van der Waals surface area contributed by atoms with Crippen LogP contribution >= 0.6 is 0 Å². The molecule has 0 spiro atoms. The smallest absolute Gasteiger partial charge is 0.222 e. The highest BCUT2D eigenvalue weighted by atomic mass is 16.2. The maximum atomic E-state index is 11.8. The van der Waals surface area contributed by atoms with E-state index in [1.54, 1.807) is 4.90 Å². The third-order valence-corrected chi connectivity index (χ3v) is 2.40. The first kappa shape index (κ1) is 12.6. The fraction of sp³-hybridized carbons (Fsp3) is 0.800. The number of carbonyl (C=O) groups excluding carboxylic acids is 1. The summed E-state index contributed by atoms with van der Waals surface area (Å²) in [5.74, 6) is 1.34. The van der Waals surface area contributed by atoms with Gasteiger partial charge in [0.1, 0.15) is 0 Å². The molecule has 1 amide bonds. The van der Waals surface area contributed by atoms with Gasteiger partial charge in [-0.1, -0.05) is 13.8 Å². The highest BCUT2D eigenvalue weighted by molar-refractivity contribution is 5.76. The van der Waals surface area contributed by atoms with Crippen LogP contribution < -0.4 is 0 Å². The van der Waals surface area contributed by atoms with E-state index in [1.165, 1.54) is 0 Å². The average molecular weight is 225 g/mol. The van der Waals surface area contributed by atoms with Gasteiger partial charge < -0.3 is 4.90 Å². The molecule has 1 aromatic heterocycles. The molecule has 0 unspecified atom stereocenters. The Labute approximate surface area is 95.4 Å². The van der Waals surface area contributed by atoms with E-state index < -0.39 is 0 Å². The number of nitrogens with zero attached hydrogens (tertiary/aromatic N) is 4. The number of carbonyl (C=O) groups is 1. The van der Waals surface area contributed by atoms with E-state index in [4.69, 9.17) is 0 Å². The van der Waals surface area contributed by atoms with Crippen molar-refractivity contribution in [2.24, 2.45) is 5.92 Å². The van der Waals surface area contributed by atoms with Crippen LogP contribution in [-0.2, 0) is 11.3 Å². The number of H-pyrrole nitrogens is 1. The predicted octanol–water partition coefficient (Wildman–Crippen LogP) is 0.984. The van der Waals surface area contributed by atoms with Crippen LogP contribution in [-0.4, -0.2) is 38.0 Å². The highest BCUT2D eigenvalue weighted by Gasteiger charge is 2.13. The summed E-state index contributed by atoms with van der Waals surface area (Å²) < 4.78 is 0. The van der Waals surface area contributed by atoms with Gasteiger partial charge >= 0.3 is 0 Å². The lowest BCUT2D eigenvalue weighted by molar-refractivity contribution is -0.132. The van der Waals surface area contributed by atoms with Crippen molar-refractivity contribution in [2.45, 2.75) is 40.2 Å². The number of aromatic nitrogens is 4. The van der Waals surface area contributed by atoms with E-state index in [1.807, 2.05) is 6.92 Å². The molecule has 0 aliphatic rings. The molecular weight excluding hydrogens is 206 g/mol. The second-order valence-electron chi connectivity index (χ2n) is 4.19. The van der Waals surface area contributed by atoms with Gasteiger partial charge in [0.15, 0.2) is 5.82 Å².